The molecule has 4 unspecified atom stereocenters. The molecule has 4 aliphatic rings. The number of piperidine rings is 1. The number of amides is 1. The van der Waals surface area contributed by atoms with E-state index in [4.69, 9.17) is 10.5 Å². The molecule has 126 valence electrons. The summed E-state index contributed by atoms with van der Waals surface area (Å²) in [5, 5.41) is 0. The summed E-state index contributed by atoms with van der Waals surface area (Å²) < 4.78 is 5.83. The zero-order valence-corrected chi connectivity index (χ0v) is 14.1. The highest BCUT2D eigenvalue weighted by Crippen LogP contribution is 2.69. The van der Waals surface area contributed by atoms with Crippen LogP contribution in [0.2, 0.25) is 0 Å². The Bertz CT molecular complexity index is 395. The van der Waals surface area contributed by atoms with Gasteiger partial charge in [0, 0.05) is 25.6 Å². The molecule has 4 rings (SSSR count). The van der Waals surface area contributed by atoms with Crippen LogP contribution in [0.5, 0.6) is 0 Å². The van der Waals surface area contributed by atoms with Gasteiger partial charge < -0.3 is 15.4 Å². The fourth-order valence-electron chi connectivity index (χ4n) is 5.44. The van der Waals surface area contributed by atoms with Gasteiger partial charge in [-0.2, -0.15) is 0 Å². The number of likely N-dealkylation sites (tertiary alicyclic amines) is 1. The molecule has 4 nitrogen and oxygen atoms in total. The summed E-state index contributed by atoms with van der Waals surface area (Å²) in [5.74, 6) is 4.22. The summed E-state index contributed by atoms with van der Waals surface area (Å²) in [6.45, 7) is 3.27. The van der Waals surface area contributed by atoms with Gasteiger partial charge in [-0.15, -0.1) is 12.4 Å². The minimum Gasteiger partial charge on any atom is -0.378 e. The maximum atomic E-state index is 12.7. The van der Waals surface area contributed by atoms with Crippen molar-refractivity contribution in [3.05, 3.63) is 0 Å². The number of carbonyl (C=O) groups is 1. The van der Waals surface area contributed by atoms with Crippen molar-refractivity contribution in [2.75, 3.05) is 26.2 Å². The number of ether oxygens (including phenoxy) is 1. The Kier molecular flexibility index (Phi) is 5.01. The molecular weight excluding hydrogens is 300 g/mol. The molecular formula is C17H29ClN2O2. The van der Waals surface area contributed by atoms with E-state index in [9.17, 15) is 4.79 Å². The first-order valence-electron chi connectivity index (χ1n) is 8.90. The molecule has 2 bridgehead atoms. The Morgan fingerprint density at radius 2 is 1.73 bits per heavy atom. The smallest absolute Gasteiger partial charge is 0.226 e. The topological polar surface area (TPSA) is 55.6 Å². The second kappa shape index (κ2) is 6.66. The highest BCUT2D eigenvalue weighted by atomic mass is 35.5. The third-order valence-corrected chi connectivity index (χ3v) is 6.48. The molecule has 0 radical (unpaired) electrons. The van der Waals surface area contributed by atoms with Crippen molar-refractivity contribution in [3.8, 4) is 0 Å². The Hall–Kier alpha value is -0.320. The number of fused-ring (bicyclic) bond motifs is 5. The molecule has 2 N–H and O–H groups in total. The van der Waals surface area contributed by atoms with Gasteiger partial charge in [-0.05, 0) is 68.7 Å². The largest absolute Gasteiger partial charge is 0.378 e. The third kappa shape index (κ3) is 2.78. The van der Waals surface area contributed by atoms with E-state index in [1.807, 2.05) is 0 Å². The van der Waals surface area contributed by atoms with Crippen LogP contribution in [0.4, 0.5) is 0 Å². The Morgan fingerprint density at radius 3 is 2.32 bits per heavy atom. The lowest BCUT2D eigenvalue weighted by atomic mass is 10.0. The van der Waals surface area contributed by atoms with Gasteiger partial charge in [0.2, 0.25) is 5.91 Å². The molecule has 0 aromatic rings. The van der Waals surface area contributed by atoms with E-state index >= 15 is 0 Å². The summed E-state index contributed by atoms with van der Waals surface area (Å²) >= 11 is 0. The number of hydrogen-bond acceptors (Lipinski definition) is 3. The lowest BCUT2D eigenvalue weighted by molar-refractivity contribution is -0.136. The summed E-state index contributed by atoms with van der Waals surface area (Å²) in [5.41, 5.74) is 5.49. The number of hydrogen-bond donors (Lipinski definition) is 1. The molecule has 1 saturated heterocycles. The van der Waals surface area contributed by atoms with Crippen molar-refractivity contribution in [3.63, 3.8) is 0 Å². The van der Waals surface area contributed by atoms with E-state index < -0.39 is 0 Å². The van der Waals surface area contributed by atoms with Gasteiger partial charge in [0.05, 0.1) is 6.10 Å². The maximum Gasteiger partial charge on any atom is 0.226 e. The van der Waals surface area contributed by atoms with Crippen LogP contribution in [0, 0.1) is 29.6 Å². The molecule has 1 amide bonds. The van der Waals surface area contributed by atoms with Crippen LogP contribution in [0.1, 0.15) is 38.5 Å². The van der Waals surface area contributed by atoms with Gasteiger partial charge in [-0.25, -0.2) is 0 Å². The lowest BCUT2D eigenvalue weighted by Gasteiger charge is -2.32. The molecule has 3 aliphatic carbocycles. The van der Waals surface area contributed by atoms with Crippen LogP contribution >= 0.6 is 12.4 Å². The first-order chi connectivity index (χ1) is 10.3. The van der Waals surface area contributed by atoms with E-state index in [0.29, 0.717) is 24.5 Å². The van der Waals surface area contributed by atoms with Gasteiger partial charge in [0.15, 0.2) is 0 Å². The predicted octanol–water partition coefficient (Wildman–Crippen LogP) is 2.06. The van der Waals surface area contributed by atoms with Crippen molar-refractivity contribution in [2.24, 2.45) is 35.3 Å². The second-order valence-corrected chi connectivity index (χ2v) is 7.55. The fraction of sp³-hybridized carbons (Fsp3) is 0.941. The second-order valence-electron chi connectivity index (χ2n) is 7.55. The van der Waals surface area contributed by atoms with Crippen LogP contribution in [0.25, 0.3) is 0 Å². The zero-order valence-electron chi connectivity index (χ0n) is 13.3. The van der Waals surface area contributed by atoms with Gasteiger partial charge in [-0.3, -0.25) is 4.79 Å². The highest BCUT2D eigenvalue weighted by Gasteiger charge is 2.67. The highest BCUT2D eigenvalue weighted by molar-refractivity contribution is 5.85. The number of rotatable bonds is 5. The minimum atomic E-state index is 0. The molecule has 0 aromatic carbocycles. The van der Waals surface area contributed by atoms with Gasteiger partial charge in [-0.1, -0.05) is 0 Å². The molecule has 22 heavy (non-hydrogen) atoms. The van der Waals surface area contributed by atoms with Crippen LogP contribution < -0.4 is 5.73 Å². The molecule has 0 aromatic heterocycles. The van der Waals surface area contributed by atoms with Crippen molar-refractivity contribution in [1.29, 1.82) is 0 Å². The zero-order chi connectivity index (χ0) is 14.4. The van der Waals surface area contributed by atoms with Crippen molar-refractivity contribution in [1.82, 2.24) is 4.90 Å². The Morgan fingerprint density at radius 1 is 1.09 bits per heavy atom. The third-order valence-electron chi connectivity index (χ3n) is 6.48. The summed E-state index contributed by atoms with van der Waals surface area (Å²) in [6.07, 6.45) is 7.51. The van der Waals surface area contributed by atoms with Gasteiger partial charge in [0.25, 0.3) is 0 Å². The quantitative estimate of drug-likeness (QED) is 0.786. The maximum absolute atomic E-state index is 12.7. The predicted molar refractivity (Wildman–Crippen MR) is 87.8 cm³/mol. The summed E-state index contributed by atoms with van der Waals surface area (Å²) in [6, 6.07) is 0. The van der Waals surface area contributed by atoms with E-state index in [1.54, 1.807) is 0 Å². The standard InChI is InChI=1S/C17H28N2O2.ClH/c18-6-1-9-21-13-4-7-19(8-5-13)17(20)16-14-11-2-3-12(10-11)15(14)16;/h11-16H,1-10,18H2;1H. The number of nitrogens with zero attached hydrogens (tertiary/aromatic N) is 1. The minimum absolute atomic E-state index is 0. The van der Waals surface area contributed by atoms with Crippen molar-refractivity contribution in [2.45, 2.75) is 44.6 Å². The number of nitrogens with two attached hydrogens (primary N) is 1. The summed E-state index contributed by atoms with van der Waals surface area (Å²) in [7, 11) is 0. The SMILES string of the molecule is Cl.NCCCOC1CCN(C(=O)C2C3C4CCC(C4)C23)CC1. The van der Waals surface area contributed by atoms with Crippen molar-refractivity contribution < 1.29 is 9.53 Å². The number of carbonyl (C=O) groups excluding carboxylic acids is 1. The summed E-state index contributed by atoms with van der Waals surface area (Å²) in [4.78, 5) is 14.9. The molecule has 1 heterocycles. The first kappa shape index (κ1) is 16.5. The average molecular weight is 329 g/mol. The van der Waals surface area contributed by atoms with Crippen LogP contribution in [-0.2, 0) is 9.53 Å². The Balaban J connectivity index is 0.00000144. The normalized spacial score (nSPS) is 39.5. The van der Waals surface area contributed by atoms with Crippen LogP contribution in [0.3, 0.4) is 0 Å². The molecule has 3 saturated carbocycles. The van der Waals surface area contributed by atoms with Gasteiger partial charge in [0.1, 0.15) is 0 Å². The number of halogens is 1. The van der Waals surface area contributed by atoms with Crippen LogP contribution in [0.15, 0.2) is 0 Å². The molecule has 1 aliphatic heterocycles. The fourth-order valence-corrected chi connectivity index (χ4v) is 5.44. The van der Waals surface area contributed by atoms with Crippen molar-refractivity contribution >= 4 is 18.3 Å². The lowest BCUT2D eigenvalue weighted by Crippen LogP contribution is -2.42. The van der Waals surface area contributed by atoms with Crippen LogP contribution in [-0.4, -0.2) is 43.2 Å². The Labute approximate surface area is 139 Å². The van der Waals surface area contributed by atoms with E-state index in [-0.39, 0.29) is 12.4 Å². The average Bonchev–Trinajstić information content (AvgIpc) is 2.94. The molecule has 4 fully saturated rings. The molecule has 4 atom stereocenters. The first-order valence-corrected chi connectivity index (χ1v) is 8.90. The van der Waals surface area contributed by atoms with E-state index in [2.05, 4.69) is 4.90 Å². The monoisotopic (exact) mass is 328 g/mol. The van der Waals surface area contributed by atoms with E-state index in [1.165, 1.54) is 19.3 Å². The van der Waals surface area contributed by atoms with Gasteiger partial charge >= 0.3 is 0 Å². The van der Waals surface area contributed by atoms with E-state index in [0.717, 1.165) is 62.6 Å². The molecule has 0 spiro atoms. The molecule has 5 heteroatoms.